The highest BCUT2D eigenvalue weighted by atomic mass is 19.3. The lowest BCUT2D eigenvalue weighted by molar-refractivity contribution is -0.286. The number of halogens is 2. The van der Waals surface area contributed by atoms with Crippen LogP contribution in [-0.2, 0) is 0 Å². The molecule has 0 bridgehead atoms. The zero-order valence-corrected chi connectivity index (χ0v) is 10.00. The van der Waals surface area contributed by atoms with Crippen LogP contribution in [0.4, 0.5) is 8.78 Å². The zero-order valence-electron chi connectivity index (χ0n) is 10.00. The van der Waals surface area contributed by atoms with Gasteiger partial charge in [0.15, 0.2) is 17.3 Å². The van der Waals surface area contributed by atoms with Crippen molar-refractivity contribution in [3.63, 3.8) is 0 Å². The van der Waals surface area contributed by atoms with E-state index >= 15 is 0 Å². The molecule has 0 atom stereocenters. The van der Waals surface area contributed by atoms with Crippen molar-refractivity contribution in [3.8, 4) is 11.5 Å². The van der Waals surface area contributed by atoms with Crippen molar-refractivity contribution < 1.29 is 23.0 Å². The van der Waals surface area contributed by atoms with Crippen LogP contribution in [-0.4, -0.2) is 18.6 Å². The maximum atomic E-state index is 12.8. The van der Waals surface area contributed by atoms with Gasteiger partial charge in [-0.25, -0.2) is 0 Å². The maximum Gasteiger partial charge on any atom is 0.586 e. The number of benzene rings is 1. The number of alkyl halides is 2. The molecule has 1 aliphatic rings. The molecular weight excluding hydrogens is 244 g/mol. The van der Waals surface area contributed by atoms with E-state index in [1.54, 1.807) is 13.8 Å². The second-order valence-corrected chi connectivity index (χ2v) is 4.75. The predicted octanol–water partition coefficient (Wildman–Crippen LogP) is 2.18. The molecule has 0 spiro atoms. The summed E-state index contributed by atoms with van der Waals surface area (Å²) in [6.45, 7) is 3.54. The summed E-state index contributed by atoms with van der Waals surface area (Å²) in [7, 11) is 0. The lowest BCUT2D eigenvalue weighted by Crippen LogP contribution is -2.32. The van der Waals surface area contributed by atoms with Gasteiger partial charge in [-0.1, -0.05) is 13.8 Å². The van der Waals surface area contributed by atoms with Crippen LogP contribution in [0.1, 0.15) is 24.2 Å². The van der Waals surface area contributed by atoms with Gasteiger partial charge in [0.1, 0.15) is 0 Å². The molecule has 1 aliphatic heterocycles. The fourth-order valence-corrected chi connectivity index (χ4v) is 1.57. The predicted molar refractivity (Wildman–Crippen MR) is 59.8 cm³/mol. The normalized spacial score (nSPS) is 16.7. The van der Waals surface area contributed by atoms with E-state index in [1.165, 1.54) is 18.2 Å². The third kappa shape index (κ3) is 2.15. The van der Waals surface area contributed by atoms with E-state index in [9.17, 15) is 13.6 Å². The molecule has 0 radical (unpaired) electrons. The lowest BCUT2D eigenvalue weighted by atomic mass is 9.84. The Morgan fingerprint density at radius 2 is 1.94 bits per heavy atom. The number of Topliss-reactive ketones (excluding diaryl/α,β-unsaturated/α-hetero) is 1. The molecule has 1 heterocycles. The minimum absolute atomic E-state index is 0.0814. The van der Waals surface area contributed by atoms with Crippen molar-refractivity contribution in [3.05, 3.63) is 23.8 Å². The van der Waals surface area contributed by atoms with E-state index in [1.807, 2.05) is 0 Å². The Bertz CT molecular complexity index is 500. The summed E-state index contributed by atoms with van der Waals surface area (Å²) in [6, 6.07) is 3.95. The van der Waals surface area contributed by atoms with E-state index in [4.69, 9.17) is 5.73 Å². The van der Waals surface area contributed by atoms with Gasteiger partial charge < -0.3 is 15.2 Å². The van der Waals surface area contributed by atoms with Gasteiger partial charge in [-0.15, -0.1) is 8.78 Å². The Hall–Kier alpha value is -1.69. The van der Waals surface area contributed by atoms with Crippen molar-refractivity contribution in [2.75, 3.05) is 6.54 Å². The summed E-state index contributed by atoms with van der Waals surface area (Å²) in [4.78, 5) is 12.1. The molecule has 4 nitrogen and oxygen atoms in total. The zero-order chi connectivity index (χ0) is 13.6. The van der Waals surface area contributed by atoms with Gasteiger partial charge in [-0.2, -0.15) is 0 Å². The van der Waals surface area contributed by atoms with E-state index in [0.717, 1.165) is 0 Å². The summed E-state index contributed by atoms with van der Waals surface area (Å²) in [5.41, 5.74) is 5.02. The molecule has 18 heavy (non-hydrogen) atoms. The molecule has 2 N–H and O–H groups in total. The van der Waals surface area contributed by atoms with Crippen LogP contribution in [0.15, 0.2) is 18.2 Å². The molecular formula is C12H13F2NO3. The average molecular weight is 257 g/mol. The molecule has 1 aromatic rings. The van der Waals surface area contributed by atoms with Crippen molar-refractivity contribution in [2.45, 2.75) is 20.1 Å². The summed E-state index contributed by atoms with van der Waals surface area (Å²) in [5.74, 6) is -0.451. The van der Waals surface area contributed by atoms with Gasteiger partial charge in [0, 0.05) is 17.5 Å². The minimum atomic E-state index is -3.67. The molecule has 6 heteroatoms. The molecule has 0 saturated heterocycles. The molecule has 0 unspecified atom stereocenters. The first kappa shape index (κ1) is 12.8. The van der Waals surface area contributed by atoms with Crippen LogP contribution in [0.25, 0.3) is 0 Å². The number of ketones is 1. The molecule has 0 saturated carbocycles. The highest BCUT2D eigenvalue weighted by molar-refractivity contribution is 6.00. The lowest BCUT2D eigenvalue weighted by Gasteiger charge is -2.20. The highest BCUT2D eigenvalue weighted by Crippen LogP contribution is 2.41. The van der Waals surface area contributed by atoms with Gasteiger partial charge >= 0.3 is 6.29 Å². The number of ether oxygens (including phenoxy) is 2. The molecule has 1 aromatic carbocycles. The fraction of sp³-hybridized carbons (Fsp3) is 0.417. The number of hydrogen-bond acceptors (Lipinski definition) is 4. The maximum absolute atomic E-state index is 12.8. The van der Waals surface area contributed by atoms with E-state index in [2.05, 4.69) is 9.47 Å². The smallest absolute Gasteiger partial charge is 0.395 e. The number of rotatable bonds is 3. The Labute approximate surface area is 103 Å². The van der Waals surface area contributed by atoms with Crippen molar-refractivity contribution in [1.82, 2.24) is 0 Å². The first-order valence-electron chi connectivity index (χ1n) is 5.40. The molecule has 0 aliphatic carbocycles. The number of fused-ring (bicyclic) bond motifs is 1. The number of carbonyl (C=O) groups is 1. The summed E-state index contributed by atoms with van der Waals surface area (Å²) >= 11 is 0. The Kier molecular flexibility index (Phi) is 2.77. The highest BCUT2D eigenvalue weighted by Gasteiger charge is 2.43. The number of hydrogen-bond donors (Lipinski definition) is 1. The summed E-state index contributed by atoms with van der Waals surface area (Å²) in [5, 5.41) is 0. The van der Waals surface area contributed by atoms with E-state index < -0.39 is 11.7 Å². The molecule has 0 fully saturated rings. The van der Waals surface area contributed by atoms with Gasteiger partial charge in [0.2, 0.25) is 0 Å². The Balaban J connectivity index is 2.32. The molecule has 0 aromatic heterocycles. The third-order valence-electron chi connectivity index (χ3n) is 2.79. The van der Waals surface area contributed by atoms with Gasteiger partial charge in [0.25, 0.3) is 0 Å². The van der Waals surface area contributed by atoms with Gasteiger partial charge in [-0.05, 0) is 18.2 Å². The average Bonchev–Trinajstić information content (AvgIpc) is 2.60. The quantitative estimate of drug-likeness (QED) is 0.843. The SMILES string of the molecule is CC(C)(CN)C(=O)c1ccc2c(c1)OC(F)(F)O2. The van der Waals surface area contributed by atoms with Crippen LogP contribution in [0.3, 0.4) is 0 Å². The number of nitrogens with two attached hydrogens (primary N) is 1. The van der Waals surface area contributed by atoms with Crippen molar-refractivity contribution >= 4 is 5.78 Å². The van der Waals surface area contributed by atoms with Crippen LogP contribution in [0, 0.1) is 5.41 Å². The second-order valence-electron chi connectivity index (χ2n) is 4.75. The number of carbonyl (C=O) groups excluding carboxylic acids is 1. The minimum Gasteiger partial charge on any atom is -0.395 e. The Morgan fingerprint density at radius 3 is 2.56 bits per heavy atom. The van der Waals surface area contributed by atoms with E-state index in [-0.39, 0.29) is 29.4 Å². The van der Waals surface area contributed by atoms with Crippen molar-refractivity contribution in [2.24, 2.45) is 11.1 Å². The summed E-state index contributed by atoms with van der Waals surface area (Å²) in [6.07, 6.45) is -3.67. The molecule has 0 amide bonds. The third-order valence-corrected chi connectivity index (χ3v) is 2.79. The van der Waals surface area contributed by atoms with Crippen LogP contribution in [0.2, 0.25) is 0 Å². The standard InChI is InChI=1S/C12H13F2NO3/c1-11(2,6-15)10(16)7-3-4-8-9(5-7)18-12(13,14)17-8/h3-5H,6,15H2,1-2H3. The van der Waals surface area contributed by atoms with Crippen LogP contribution < -0.4 is 15.2 Å². The monoisotopic (exact) mass is 257 g/mol. The second kappa shape index (κ2) is 3.91. The Morgan fingerprint density at radius 1 is 1.33 bits per heavy atom. The first-order valence-corrected chi connectivity index (χ1v) is 5.40. The summed E-state index contributed by atoms with van der Waals surface area (Å²) < 4.78 is 34.2. The fourth-order valence-electron chi connectivity index (χ4n) is 1.57. The van der Waals surface area contributed by atoms with Gasteiger partial charge in [0.05, 0.1) is 0 Å². The topological polar surface area (TPSA) is 61.6 Å². The van der Waals surface area contributed by atoms with Gasteiger partial charge in [-0.3, -0.25) is 4.79 Å². The first-order chi connectivity index (χ1) is 8.25. The van der Waals surface area contributed by atoms with Crippen LogP contribution in [0.5, 0.6) is 11.5 Å². The molecule has 2 rings (SSSR count). The van der Waals surface area contributed by atoms with E-state index in [0.29, 0.717) is 0 Å². The molecule has 98 valence electrons. The largest absolute Gasteiger partial charge is 0.586 e. The van der Waals surface area contributed by atoms with Crippen molar-refractivity contribution in [1.29, 1.82) is 0 Å². The van der Waals surface area contributed by atoms with Crippen LogP contribution >= 0.6 is 0 Å².